The lowest BCUT2D eigenvalue weighted by molar-refractivity contribution is 0.0696. The zero-order valence-electron chi connectivity index (χ0n) is 13.0. The number of aryl methyl sites for hydroxylation is 1. The number of aromatic carboxylic acids is 1. The minimum Gasteiger partial charge on any atom is -0.492 e. The van der Waals surface area contributed by atoms with E-state index in [0.29, 0.717) is 18.7 Å². The van der Waals surface area contributed by atoms with Gasteiger partial charge < -0.3 is 9.84 Å². The Morgan fingerprint density at radius 2 is 1.95 bits per heavy atom. The molecule has 2 aromatic rings. The molecule has 0 atom stereocenters. The molecule has 22 heavy (non-hydrogen) atoms. The highest BCUT2D eigenvalue weighted by molar-refractivity contribution is 5.87. The Balaban J connectivity index is 1.83. The summed E-state index contributed by atoms with van der Waals surface area (Å²) in [4.78, 5) is 13.1. The topological polar surface area (TPSA) is 49.8 Å². The summed E-state index contributed by atoms with van der Waals surface area (Å²) in [7, 11) is 1.99. The van der Waals surface area contributed by atoms with Gasteiger partial charge in [0.2, 0.25) is 0 Å². The summed E-state index contributed by atoms with van der Waals surface area (Å²) >= 11 is 0. The average Bonchev–Trinajstić information content (AvgIpc) is 2.49. The molecule has 2 aromatic carbocycles. The first-order valence-corrected chi connectivity index (χ1v) is 7.25. The second-order valence-corrected chi connectivity index (χ2v) is 5.36. The van der Waals surface area contributed by atoms with Crippen LogP contribution in [0.2, 0.25) is 0 Å². The van der Waals surface area contributed by atoms with Crippen molar-refractivity contribution in [2.45, 2.75) is 13.5 Å². The van der Waals surface area contributed by atoms with Crippen LogP contribution in [0.1, 0.15) is 21.5 Å². The number of nitrogens with zero attached hydrogens (tertiary/aromatic N) is 1. The van der Waals surface area contributed by atoms with Crippen LogP contribution in [0.4, 0.5) is 0 Å². The van der Waals surface area contributed by atoms with Crippen molar-refractivity contribution < 1.29 is 14.6 Å². The molecule has 0 heterocycles. The number of carbonyl (C=O) groups is 1. The zero-order chi connectivity index (χ0) is 15.9. The first kappa shape index (κ1) is 16.0. The number of para-hydroxylation sites is 1. The lowest BCUT2D eigenvalue weighted by Crippen LogP contribution is -2.24. The van der Waals surface area contributed by atoms with Gasteiger partial charge in [0.1, 0.15) is 12.4 Å². The Morgan fingerprint density at radius 3 is 2.68 bits per heavy atom. The molecule has 0 aromatic heterocycles. The van der Waals surface area contributed by atoms with Crippen LogP contribution in [-0.2, 0) is 6.54 Å². The van der Waals surface area contributed by atoms with Gasteiger partial charge in [-0.25, -0.2) is 4.79 Å². The van der Waals surface area contributed by atoms with Crippen molar-refractivity contribution >= 4 is 5.97 Å². The van der Waals surface area contributed by atoms with Gasteiger partial charge in [-0.2, -0.15) is 0 Å². The van der Waals surface area contributed by atoms with Crippen molar-refractivity contribution in [3.05, 3.63) is 65.2 Å². The third-order valence-electron chi connectivity index (χ3n) is 3.45. The predicted octanol–water partition coefficient (Wildman–Crippen LogP) is 3.20. The van der Waals surface area contributed by atoms with Gasteiger partial charge in [-0.15, -0.1) is 0 Å². The third kappa shape index (κ3) is 4.60. The predicted molar refractivity (Wildman–Crippen MR) is 86.4 cm³/mol. The Kier molecular flexibility index (Phi) is 5.55. The van der Waals surface area contributed by atoms with E-state index >= 15 is 0 Å². The first-order chi connectivity index (χ1) is 10.6. The molecule has 116 valence electrons. The summed E-state index contributed by atoms with van der Waals surface area (Å²) in [5, 5.41) is 9.00. The number of rotatable bonds is 7. The van der Waals surface area contributed by atoms with E-state index < -0.39 is 5.97 Å². The summed E-state index contributed by atoms with van der Waals surface area (Å²) < 4.78 is 5.77. The number of hydrogen-bond donors (Lipinski definition) is 1. The van der Waals surface area contributed by atoms with E-state index in [9.17, 15) is 4.79 Å². The van der Waals surface area contributed by atoms with Crippen LogP contribution in [0.3, 0.4) is 0 Å². The zero-order valence-corrected chi connectivity index (χ0v) is 13.0. The average molecular weight is 299 g/mol. The monoisotopic (exact) mass is 299 g/mol. The van der Waals surface area contributed by atoms with Crippen LogP contribution in [0, 0.1) is 6.92 Å². The number of hydrogen-bond acceptors (Lipinski definition) is 3. The number of likely N-dealkylation sites (N-methyl/N-ethyl adjacent to an activating group) is 1. The van der Waals surface area contributed by atoms with Crippen LogP contribution >= 0.6 is 0 Å². The summed E-state index contributed by atoms with van der Waals surface area (Å²) in [5.41, 5.74) is 2.43. The van der Waals surface area contributed by atoms with Gasteiger partial charge >= 0.3 is 5.97 Å². The SMILES string of the molecule is Cc1ccccc1OCCN(C)Cc1cccc(C(=O)O)c1. The summed E-state index contributed by atoms with van der Waals surface area (Å²) in [5.74, 6) is 0.0103. The van der Waals surface area contributed by atoms with E-state index in [4.69, 9.17) is 9.84 Å². The molecule has 0 radical (unpaired) electrons. The molecule has 1 N–H and O–H groups in total. The van der Waals surface area contributed by atoms with Gasteiger partial charge in [0.15, 0.2) is 0 Å². The second kappa shape index (κ2) is 7.61. The molecule has 0 fully saturated rings. The highest BCUT2D eigenvalue weighted by Crippen LogP contribution is 2.16. The summed E-state index contributed by atoms with van der Waals surface area (Å²) in [6.07, 6.45) is 0. The lowest BCUT2D eigenvalue weighted by Gasteiger charge is -2.18. The number of carboxylic acids is 1. The van der Waals surface area contributed by atoms with Crippen LogP contribution in [0.15, 0.2) is 48.5 Å². The summed E-state index contributed by atoms with van der Waals surface area (Å²) in [6.45, 7) is 4.08. The van der Waals surface area contributed by atoms with Crippen molar-refractivity contribution in [3.63, 3.8) is 0 Å². The Morgan fingerprint density at radius 1 is 1.18 bits per heavy atom. The standard InChI is InChI=1S/C18H21NO3/c1-14-6-3-4-9-17(14)22-11-10-19(2)13-15-7-5-8-16(12-15)18(20)21/h3-9,12H,10-11,13H2,1-2H3,(H,20,21). The van der Waals surface area contributed by atoms with Crippen molar-refractivity contribution in [3.8, 4) is 5.75 Å². The maximum absolute atomic E-state index is 11.0. The molecular formula is C18H21NO3. The Hall–Kier alpha value is -2.33. The fourth-order valence-electron chi connectivity index (χ4n) is 2.22. The molecule has 0 aliphatic carbocycles. The smallest absolute Gasteiger partial charge is 0.335 e. The van der Waals surface area contributed by atoms with E-state index in [2.05, 4.69) is 4.90 Å². The molecule has 0 saturated carbocycles. The van der Waals surface area contributed by atoms with Gasteiger partial charge in [0, 0.05) is 13.1 Å². The molecular weight excluding hydrogens is 278 g/mol. The minimum atomic E-state index is -0.896. The maximum Gasteiger partial charge on any atom is 0.335 e. The van der Waals surface area contributed by atoms with Crippen molar-refractivity contribution in [2.24, 2.45) is 0 Å². The number of ether oxygens (including phenoxy) is 1. The minimum absolute atomic E-state index is 0.321. The van der Waals surface area contributed by atoms with Gasteiger partial charge in [-0.1, -0.05) is 30.3 Å². The molecule has 4 nitrogen and oxygen atoms in total. The van der Waals surface area contributed by atoms with Crippen molar-refractivity contribution in [1.29, 1.82) is 0 Å². The highest BCUT2D eigenvalue weighted by atomic mass is 16.5. The van der Waals surface area contributed by atoms with E-state index in [1.165, 1.54) is 0 Å². The molecule has 0 spiro atoms. The van der Waals surface area contributed by atoms with Crippen LogP contribution in [0.5, 0.6) is 5.75 Å². The van der Waals surface area contributed by atoms with Gasteiger partial charge in [-0.3, -0.25) is 4.90 Å². The molecule has 2 rings (SSSR count). The molecule has 0 amide bonds. The third-order valence-corrected chi connectivity index (χ3v) is 3.45. The second-order valence-electron chi connectivity index (χ2n) is 5.36. The normalized spacial score (nSPS) is 10.7. The molecule has 0 aliphatic heterocycles. The number of carboxylic acid groups (broad SMARTS) is 1. The van der Waals surface area contributed by atoms with Crippen LogP contribution in [-0.4, -0.2) is 36.2 Å². The molecule has 0 saturated heterocycles. The van der Waals surface area contributed by atoms with E-state index in [0.717, 1.165) is 23.4 Å². The molecule has 0 bridgehead atoms. The fourth-order valence-corrected chi connectivity index (χ4v) is 2.22. The van der Waals surface area contributed by atoms with Crippen LogP contribution in [0.25, 0.3) is 0 Å². The number of benzene rings is 2. The van der Waals surface area contributed by atoms with E-state index in [-0.39, 0.29) is 0 Å². The largest absolute Gasteiger partial charge is 0.492 e. The molecule has 0 unspecified atom stereocenters. The van der Waals surface area contributed by atoms with Gasteiger partial charge in [0.25, 0.3) is 0 Å². The van der Waals surface area contributed by atoms with Crippen molar-refractivity contribution in [2.75, 3.05) is 20.2 Å². The Labute approximate surface area is 131 Å². The highest BCUT2D eigenvalue weighted by Gasteiger charge is 2.06. The first-order valence-electron chi connectivity index (χ1n) is 7.25. The molecule has 0 aliphatic rings. The maximum atomic E-state index is 11.0. The van der Waals surface area contributed by atoms with E-state index in [1.54, 1.807) is 18.2 Å². The lowest BCUT2D eigenvalue weighted by atomic mass is 10.1. The van der Waals surface area contributed by atoms with Gasteiger partial charge in [-0.05, 0) is 43.3 Å². The van der Waals surface area contributed by atoms with Gasteiger partial charge in [0.05, 0.1) is 5.56 Å². The Bertz CT molecular complexity index is 640. The fraction of sp³-hybridized carbons (Fsp3) is 0.278. The molecule has 4 heteroatoms. The quantitative estimate of drug-likeness (QED) is 0.853. The van der Waals surface area contributed by atoms with E-state index in [1.807, 2.05) is 44.3 Å². The summed E-state index contributed by atoms with van der Waals surface area (Å²) in [6, 6.07) is 15.0. The van der Waals surface area contributed by atoms with Crippen LogP contribution < -0.4 is 4.74 Å². The van der Waals surface area contributed by atoms with Crippen molar-refractivity contribution in [1.82, 2.24) is 4.90 Å².